The highest BCUT2D eigenvalue weighted by molar-refractivity contribution is 5.84. The lowest BCUT2D eigenvalue weighted by atomic mass is 9.66. The molecular formula is C16H20F2O. The minimum Gasteiger partial charge on any atom is -0.299 e. The van der Waals surface area contributed by atoms with Crippen molar-refractivity contribution in [1.29, 1.82) is 0 Å². The van der Waals surface area contributed by atoms with Crippen LogP contribution in [0.3, 0.4) is 0 Å². The first-order valence-electron chi connectivity index (χ1n) is 6.87. The Kier molecular flexibility index (Phi) is 4.02. The zero-order valence-electron chi connectivity index (χ0n) is 11.5. The average molecular weight is 266 g/mol. The number of carbonyl (C=O) groups excluding carboxylic acids is 1. The zero-order valence-corrected chi connectivity index (χ0v) is 11.5. The molecule has 0 amide bonds. The number of carbonyl (C=O) groups is 1. The van der Waals surface area contributed by atoms with Gasteiger partial charge in [-0.15, -0.1) is 0 Å². The van der Waals surface area contributed by atoms with Crippen LogP contribution in [-0.4, -0.2) is 5.78 Å². The van der Waals surface area contributed by atoms with E-state index in [1.807, 2.05) is 0 Å². The summed E-state index contributed by atoms with van der Waals surface area (Å²) in [5.74, 6) is -1.16. The largest absolute Gasteiger partial charge is 0.299 e. The number of benzene rings is 1. The third-order valence-electron chi connectivity index (χ3n) is 4.28. The summed E-state index contributed by atoms with van der Waals surface area (Å²) in [5, 5.41) is 0. The lowest BCUT2D eigenvalue weighted by Crippen LogP contribution is -2.35. The van der Waals surface area contributed by atoms with Crippen LogP contribution in [-0.2, 0) is 11.2 Å². The lowest BCUT2D eigenvalue weighted by molar-refractivity contribution is -0.127. The van der Waals surface area contributed by atoms with Gasteiger partial charge in [-0.1, -0.05) is 32.8 Å². The SMILES string of the molecule is CC1(C)CCCCC1C(=O)Cc1ccc(F)cc1F. The number of Topliss-reactive ketones (excluding diaryl/α,β-unsaturated/α-hetero) is 1. The molecule has 1 aromatic carbocycles. The summed E-state index contributed by atoms with van der Waals surface area (Å²) in [7, 11) is 0. The van der Waals surface area contributed by atoms with E-state index in [4.69, 9.17) is 0 Å². The van der Waals surface area contributed by atoms with E-state index >= 15 is 0 Å². The topological polar surface area (TPSA) is 17.1 Å². The second-order valence-electron chi connectivity index (χ2n) is 6.17. The summed E-state index contributed by atoms with van der Waals surface area (Å²) >= 11 is 0. The normalized spacial score (nSPS) is 22.2. The van der Waals surface area contributed by atoms with Crippen LogP contribution in [0.15, 0.2) is 18.2 Å². The summed E-state index contributed by atoms with van der Waals surface area (Å²) in [6.07, 6.45) is 4.21. The molecular weight excluding hydrogens is 246 g/mol. The molecule has 0 aromatic heterocycles. The quantitative estimate of drug-likeness (QED) is 0.797. The molecule has 0 aliphatic heterocycles. The Bertz CT molecular complexity index is 480. The van der Waals surface area contributed by atoms with Gasteiger partial charge in [0.25, 0.3) is 0 Å². The number of hydrogen-bond acceptors (Lipinski definition) is 1. The Morgan fingerprint density at radius 3 is 2.68 bits per heavy atom. The predicted octanol–water partition coefficient (Wildman–Crippen LogP) is 4.29. The van der Waals surface area contributed by atoms with Crippen LogP contribution in [0.4, 0.5) is 8.78 Å². The first-order chi connectivity index (χ1) is 8.90. The number of halogens is 2. The van der Waals surface area contributed by atoms with Crippen molar-refractivity contribution in [3.8, 4) is 0 Å². The van der Waals surface area contributed by atoms with Crippen molar-refractivity contribution in [1.82, 2.24) is 0 Å². The van der Waals surface area contributed by atoms with Crippen LogP contribution < -0.4 is 0 Å². The standard InChI is InChI=1S/C16H20F2O/c1-16(2)8-4-3-5-13(16)15(19)9-11-6-7-12(17)10-14(11)18/h6-7,10,13H,3-5,8-9H2,1-2H3. The molecule has 0 spiro atoms. The molecule has 0 N–H and O–H groups in total. The molecule has 0 bridgehead atoms. The van der Waals surface area contributed by atoms with Crippen LogP contribution in [0.25, 0.3) is 0 Å². The second kappa shape index (κ2) is 5.40. The Morgan fingerprint density at radius 2 is 2.05 bits per heavy atom. The highest BCUT2D eigenvalue weighted by Gasteiger charge is 2.36. The van der Waals surface area contributed by atoms with E-state index < -0.39 is 11.6 Å². The van der Waals surface area contributed by atoms with Gasteiger partial charge in [-0.25, -0.2) is 8.78 Å². The number of hydrogen-bond donors (Lipinski definition) is 0. The van der Waals surface area contributed by atoms with Crippen LogP contribution in [0.2, 0.25) is 0 Å². The Hall–Kier alpha value is -1.25. The molecule has 104 valence electrons. The van der Waals surface area contributed by atoms with Gasteiger partial charge in [0.2, 0.25) is 0 Å². The van der Waals surface area contributed by atoms with Crippen LogP contribution in [0.1, 0.15) is 45.1 Å². The maximum absolute atomic E-state index is 13.6. The van der Waals surface area contributed by atoms with Crippen molar-refractivity contribution in [2.75, 3.05) is 0 Å². The highest BCUT2D eigenvalue weighted by atomic mass is 19.1. The number of ketones is 1. The van der Waals surface area contributed by atoms with Gasteiger partial charge in [-0.05, 0) is 29.9 Å². The third-order valence-corrected chi connectivity index (χ3v) is 4.28. The highest BCUT2D eigenvalue weighted by Crippen LogP contribution is 2.41. The smallest absolute Gasteiger partial charge is 0.140 e. The second-order valence-corrected chi connectivity index (χ2v) is 6.17. The monoisotopic (exact) mass is 266 g/mol. The molecule has 1 unspecified atom stereocenters. The van der Waals surface area contributed by atoms with E-state index in [2.05, 4.69) is 13.8 Å². The van der Waals surface area contributed by atoms with Crippen molar-refractivity contribution in [3.05, 3.63) is 35.4 Å². The molecule has 19 heavy (non-hydrogen) atoms. The van der Waals surface area contributed by atoms with Crippen LogP contribution >= 0.6 is 0 Å². The summed E-state index contributed by atoms with van der Waals surface area (Å²) in [6, 6.07) is 3.42. The third kappa shape index (κ3) is 3.20. The van der Waals surface area contributed by atoms with Gasteiger partial charge in [0.05, 0.1) is 0 Å². The molecule has 1 nitrogen and oxygen atoms in total. The van der Waals surface area contributed by atoms with E-state index in [1.165, 1.54) is 12.1 Å². The van der Waals surface area contributed by atoms with Gasteiger partial charge in [-0.2, -0.15) is 0 Å². The fraction of sp³-hybridized carbons (Fsp3) is 0.562. The zero-order chi connectivity index (χ0) is 14.0. The fourth-order valence-electron chi connectivity index (χ4n) is 3.07. The molecule has 0 heterocycles. The van der Waals surface area contributed by atoms with Crippen molar-refractivity contribution in [2.24, 2.45) is 11.3 Å². The molecule has 1 saturated carbocycles. The van der Waals surface area contributed by atoms with Crippen LogP contribution in [0.5, 0.6) is 0 Å². The summed E-state index contributed by atoms with van der Waals surface area (Å²) < 4.78 is 26.4. The minimum absolute atomic E-state index is 0.00810. The maximum Gasteiger partial charge on any atom is 0.140 e. The van der Waals surface area contributed by atoms with Gasteiger partial charge < -0.3 is 0 Å². The summed E-state index contributed by atoms with van der Waals surface area (Å²) in [5.41, 5.74) is 0.291. The lowest BCUT2D eigenvalue weighted by Gasteiger charge is -2.37. The molecule has 1 aromatic rings. The Balaban J connectivity index is 2.12. The van der Waals surface area contributed by atoms with Gasteiger partial charge in [0.15, 0.2) is 0 Å². The van der Waals surface area contributed by atoms with Crippen molar-refractivity contribution in [2.45, 2.75) is 46.0 Å². The average Bonchev–Trinajstić information content (AvgIpc) is 2.32. The number of rotatable bonds is 3. The van der Waals surface area contributed by atoms with E-state index in [0.717, 1.165) is 31.7 Å². The Labute approximate surface area is 113 Å². The van der Waals surface area contributed by atoms with Gasteiger partial charge in [-0.3, -0.25) is 4.79 Å². The molecule has 1 atom stereocenters. The minimum atomic E-state index is -0.623. The Morgan fingerprint density at radius 1 is 1.32 bits per heavy atom. The van der Waals surface area contributed by atoms with E-state index in [0.29, 0.717) is 5.56 Å². The predicted molar refractivity (Wildman–Crippen MR) is 70.8 cm³/mol. The molecule has 1 aliphatic carbocycles. The summed E-state index contributed by atoms with van der Waals surface area (Å²) in [6.45, 7) is 4.21. The van der Waals surface area contributed by atoms with E-state index in [1.54, 1.807) is 0 Å². The van der Waals surface area contributed by atoms with E-state index in [9.17, 15) is 13.6 Å². The van der Waals surface area contributed by atoms with Gasteiger partial charge in [0, 0.05) is 18.4 Å². The van der Waals surface area contributed by atoms with E-state index in [-0.39, 0.29) is 23.5 Å². The van der Waals surface area contributed by atoms with Crippen molar-refractivity contribution in [3.63, 3.8) is 0 Å². The first-order valence-corrected chi connectivity index (χ1v) is 6.87. The summed E-state index contributed by atoms with van der Waals surface area (Å²) in [4.78, 5) is 12.4. The fourth-order valence-corrected chi connectivity index (χ4v) is 3.07. The van der Waals surface area contributed by atoms with Gasteiger partial charge >= 0.3 is 0 Å². The molecule has 1 aliphatic rings. The van der Waals surface area contributed by atoms with Gasteiger partial charge in [0.1, 0.15) is 17.4 Å². The first kappa shape index (κ1) is 14.2. The molecule has 1 fully saturated rings. The molecule has 0 saturated heterocycles. The van der Waals surface area contributed by atoms with Crippen LogP contribution in [0, 0.1) is 23.0 Å². The van der Waals surface area contributed by atoms with Crippen molar-refractivity contribution < 1.29 is 13.6 Å². The molecule has 2 rings (SSSR count). The molecule has 3 heteroatoms. The molecule has 0 radical (unpaired) electrons. The maximum atomic E-state index is 13.6. The van der Waals surface area contributed by atoms with Crippen molar-refractivity contribution >= 4 is 5.78 Å².